The van der Waals surface area contributed by atoms with E-state index >= 15 is 0 Å². The first-order valence-corrected chi connectivity index (χ1v) is 8.54. The van der Waals surface area contributed by atoms with E-state index in [4.69, 9.17) is 0 Å². The topological polar surface area (TPSA) is 49.3 Å². The summed E-state index contributed by atoms with van der Waals surface area (Å²) in [4.78, 5) is 23.4. The first kappa shape index (κ1) is 16.4. The smallest absolute Gasteiger partial charge is 0.355 e. The first-order valence-electron chi connectivity index (χ1n) is 7.39. The molecule has 0 aromatic carbocycles. The van der Waals surface area contributed by atoms with Crippen LogP contribution in [0.25, 0.3) is 0 Å². The molecular weight excluding hydrogens is 329 g/mol. The maximum Gasteiger partial charge on any atom is 0.433 e. The number of carbonyl (C=O) groups is 1. The highest BCUT2D eigenvalue weighted by Crippen LogP contribution is 2.32. The molecule has 0 N–H and O–H groups in total. The molecule has 2 aliphatic heterocycles. The molecule has 2 aliphatic rings. The Morgan fingerprint density at radius 1 is 1.26 bits per heavy atom. The van der Waals surface area contributed by atoms with E-state index in [1.165, 1.54) is 6.92 Å². The van der Waals surface area contributed by atoms with Gasteiger partial charge in [-0.05, 0) is 6.92 Å². The molecule has 0 bridgehead atoms. The van der Waals surface area contributed by atoms with Crippen molar-refractivity contribution in [3.63, 3.8) is 0 Å². The molecule has 1 amide bonds. The zero-order chi connectivity index (χ0) is 16.6. The Morgan fingerprint density at radius 2 is 1.91 bits per heavy atom. The second-order valence-corrected chi connectivity index (χ2v) is 6.92. The number of amides is 1. The molecule has 0 atom stereocenters. The molecule has 0 spiro atoms. The summed E-state index contributed by atoms with van der Waals surface area (Å²) in [7, 11) is 0. The van der Waals surface area contributed by atoms with Gasteiger partial charge in [-0.25, -0.2) is 9.97 Å². The minimum atomic E-state index is -4.49. The molecule has 5 nitrogen and oxygen atoms in total. The van der Waals surface area contributed by atoms with Gasteiger partial charge in [-0.15, -0.1) is 0 Å². The summed E-state index contributed by atoms with van der Waals surface area (Å²) in [5, 5.41) is 0. The Balaban J connectivity index is 1.65. The van der Waals surface area contributed by atoms with Crippen LogP contribution >= 0.6 is 11.8 Å². The minimum absolute atomic E-state index is 0.0812. The zero-order valence-corrected chi connectivity index (χ0v) is 13.5. The van der Waals surface area contributed by atoms with Crippen molar-refractivity contribution in [2.75, 3.05) is 42.6 Å². The van der Waals surface area contributed by atoms with Gasteiger partial charge in [0.2, 0.25) is 5.91 Å². The molecule has 1 aromatic rings. The van der Waals surface area contributed by atoms with Gasteiger partial charge < -0.3 is 9.80 Å². The highest BCUT2D eigenvalue weighted by atomic mass is 32.2. The van der Waals surface area contributed by atoms with Crippen molar-refractivity contribution >= 4 is 23.5 Å². The predicted octanol–water partition coefficient (Wildman–Crippen LogP) is 1.82. The SMILES string of the molecule is Cc1nc(N2CC(C(=O)N3CCSCC3)C2)cc(C(F)(F)F)n1. The number of rotatable bonds is 2. The van der Waals surface area contributed by atoms with Crippen LogP contribution in [0.1, 0.15) is 11.5 Å². The number of aryl methyl sites for hydroxylation is 1. The van der Waals surface area contributed by atoms with Crippen molar-refractivity contribution in [2.24, 2.45) is 5.92 Å². The Bertz CT molecular complexity index is 598. The Hall–Kier alpha value is -1.51. The van der Waals surface area contributed by atoms with Crippen molar-refractivity contribution in [1.82, 2.24) is 14.9 Å². The Kier molecular flexibility index (Phi) is 4.39. The van der Waals surface area contributed by atoms with Crippen LogP contribution in [0.15, 0.2) is 6.07 Å². The van der Waals surface area contributed by atoms with E-state index in [1.807, 2.05) is 16.7 Å². The van der Waals surface area contributed by atoms with Gasteiger partial charge in [-0.3, -0.25) is 4.79 Å². The second-order valence-electron chi connectivity index (χ2n) is 5.70. The number of anilines is 1. The molecule has 0 unspecified atom stereocenters. The fourth-order valence-electron chi connectivity index (χ4n) is 2.72. The molecule has 0 saturated carbocycles. The fourth-order valence-corrected chi connectivity index (χ4v) is 3.63. The van der Waals surface area contributed by atoms with Crippen molar-refractivity contribution in [1.29, 1.82) is 0 Å². The number of alkyl halides is 3. The molecule has 0 radical (unpaired) electrons. The van der Waals surface area contributed by atoms with Gasteiger partial charge in [0.15, 0.2) is 0 Å². The molecule has 2 fully saturated rings. The summed E-state index contributed by atoms with van der Waals surface area (Å²) in [6.45, 7) is 3.77. The van der Waals surface area contributed by atoms with Gasteiger partial charge in [-0.1, -0.05) is 0 Å². The van der Waals surface area contributed by atoms with E-state index in [9.17, 15) is 18.0 Å². The number of nitrogens with zero attached hydrogens (tertiary/aromatic N) is 4. The average molecular weight is 346 g/mol. The van der Waals surface area contributed by atoms with Gasteiger partial charge in [0, 0.05) is 43.8 Å². The van der Waals surface area contributed by atoms with Crippen LogP contribution in [-0.4, -0.2) is 58.5 Å². The fraction of sp³-hybridized carbons (Fsp3) is 0.643. The Labute approximate surface area is 136 Å². The van der Waals surface area contributed by atoms with E-state index in [0.717, 1.165) is 30.7 Å². The summed E-state index contributed by atoms with van der Waals surface area (Å²) in [5.74, 6) is 2.16. The van der Waals surface area contributed by atoms with Crippen molar-refractivity contribution < 1.29 is 18.0 Å². The lowest BCUT2D eigenvalue weighted by atomic mass is 9.98. The molecule has 2 saturated heterocycles. The van der Waals surface area contributed by atoms with E-state index in [2.05, 4.69) is 9.97 Å². The highest BCUT2D eigenvalue weighted by Gasteiger charge is 2.38. The lowest BCUT2D eigenvalue weighted by Gasteiger charge is -2.42. The summed E-state index contributed by atoms with van der Waals surface area (Å²) >= 11 is 1.83. The predicted molar refractivity (Wildman–Crippen MR) is 81.4 cm³/mol. The van der Waals surface area contributed by atoms with Crippen molar-refractivity contribution in [3.05, 3.63) is 17.6 Å². The third kappa shape index (κ3) is 3.54. The van der Waals surface area contributed by atoms with Crippen LogP contribution in [-0.2, 0) is 11.0 Å². The minimum Gasteiger partial charge on any atom is -0.355 e. The number of carbonyl (C=O) groups excluding carboxylic acids is 1. The third-order valence-corrected chi connectivity index (χ3v) is 4.93. The molecule has 3 rings (SSSR count). The molecule has 1 aromatic heterocycles. The van der Waals surface area contributed by atoms with Gasteiger partial charge in [0.25, 0.3) is 0 Å². The summed E-state index contributed by atoms with van der Waals surface area (Å²) < 4.78 is 38.4. The highest BCUT2D eigenvalue weighted by molar-refractivity contribution is 7.99. The van der Waals surface area contributed by atoms with Crippen LogP contribution in [0.4, 0.5) is 19.0 Å². The molecule has 9 heteroatoms. The maximum atomic E-state index is 12.8. The first-order chi connectivity index (χ1) is 10.8. The van der Waals surface area contributed by atoms with E-state index in [0.29, 0.717) is 13.1 Å². The number of hydrogen-bond donors (Lipinski definition) is 0. The summed E-state index contributed by atoms with van der Waals surface area (Å²) in [6, 6.07) is 0.950. The monoisotopic (exact) mass is 346 g/mol. The van der Waals surface area contributed by atoms with Crippen LogP contribution in [0, 0.1) is 12.8 Å². The van der Waals surface area contributed by atoms with E-state index < -0.39 is 11.9 Å². The standard InChI is InChI=1S/C14H17F3N4OS/c1-9-18-11(14(15,16)17)6-12(19-9)21-7-10(8-21)13(22)20-2-4-23-5-3-20/h6,10H,2-5,7-8H2,1H3. The normalized spacial score (nSPS) is 19.7. The van der Waals surface area contributed by atoms with Gasteiger partial charge in [-0.2, -0.15) is 24.9 Å². The molecule has 3 heterocycles. The lowest BCUT2D eigenvalue weighted by Crippen LogP contribution is -2.56. The van der Waals surface area contributed by atoms with Crippen LogP contribution in [0.2, 0.25) is 0 Å². The lowest BCUT2D eigenvalue weighted by molar-refractivity contribution is -0.141. The molecule has 126 valence electrons. The number of halogens is 3. The maximum absolute atomic E-state index is 12.8. The quantitative estimate of drug-likeness (QED) is 0.818. The van der Waals surface area contributed by atoms with Gasteiger partial charge in [0.05, 0.1) is 5.92 Å². The van der Waals surface area contributed by atoms with E-state index in [-0.39, 0.29) is 23.5 Å². The number of aromatic nitrogens is 2. The molecular formula is C14H17F3N4OS. The van der Waals surface area contributed by atoms with Gasteiger partial charge in [0.1, 0.15) is 17.3 Å². The van der Waals surface area contributed by atoms with Crippen molar-refractivity contribution in [3.8, 4) is 0 Å². The zero-order valence-electron chi connectivity index (χ0n) is 12.6. The molecule has 0 aliphatic carbocycles. The average Bonchev–Trinajstić information content (AvgIpc) is 2.45. The van der Waals surface area contributed by atoms with Crippen LogP contribution in [0.3, 0.4) is 0 Å². The van der Waals surface area contributed by atoms with E-state index in [1.54, 1.807) is 4.90 Å². The second kappa shape index (κ2) is 6.18. The van der Waals surface area contributed by atoms with Gasteiger partial charge >= 0.3 is 6.18 Å². The largest absolute Gasteiger partial charge is 0.433 e. The third-order valence-electron chi connectivity index (χ3n) is 3.99. The summed E-state index contributed by atoms with van der Waals surface area (Å²) in [6.07, 6.45) is -4.49. The number of thioether (sulfide) groups is 1. The molecule has 23 heavy (non-hydrogen) atoms. The summed E-state index contributed by atoms with van der Waals surface area (Å²) in [5.41, 5.74) is -0.942. The number of hydrogen-bond acceptors (Lipinski definition) is 5. The van der Waals surface area contributed by atoms with Crippen LogP contribution in [0.5, 0.6) is 0 Å². The van der Waals surface area contributed by atoms with Crippen molar-refractivity contribution in [2.45, 2.75) is 13.1 Å². The Morgan fingerprint density at radius 3 is 2.52 bits per heavy atom. The van der Waals surface area contributed by atoms with Crippen LogP contribution < -0.4 is 4.90 Å².